The van der Waals surface area contributed by atoms with Crippen molar-refractivity contribution in [2.45, 2.75) is 12.5 Å². The van der Waals surface area contributed by atoms with Crippen LogP contribution in [-0.2, 0) is 16.3 Å². The molecule has 0 saturated carbocycles. The molecule has 0 amide bonds. The molecule has 1 rings (SSSR count). The van der Waals surface area contributed by atoms with Crippen LogP contribution in [0.3, 0.4) is 0 Å². The standard InChI is InChI=1S/C12H18N2O2S/c1-14-12(7-8-17(2,15)16)9-10-3-5-11(13)6-4-10/h3-8,12,14H,9,13H2,1-2H3/b8-7+/t12-/m1/s1. The zero-order chi connectivity index (χ0) is 12.9. The van der Waals surface area contributed by atoms with Crippen LogP contribution < -0.4 is 11.1 Å². The highest BCUT2D eigenvalue weighted by molar-refractivity contribution is 7.93. The van der Waals surface area contributed by atoms with Crippen molar-refractivity contribution in [2.24, 2.45) is 0 Å². The Labute approximate surface area is 102 Å². The number of nitrogen functional groups attached to an aromatic ring is 1. The number of sulfone groups is 1. The monoisotopic (exact) mass is 254 g/mol. The van der Waals surface area contributed by atoms with Crippen LogP contribution in [0, 0.1) is 0 Å². The molecule has 0 aliphatic rings. The smallest absolute Gasteiger partial charge is 0.168 e. The fourth-order valence-electron chi connectivity index (χ4n) is 1.41. The van der Waals surface area contributed by atoms with Gasteiger partial charge in [-0.15, -0.1) is 0 Å². The average Bonchev–Trinajstić information content (AvgIpc) is 2.25. The number of nitrogens with two attached hydrogens (primary N) is 1. The van der Waals surface area contributed by atoms with Crippen LogP contribution in [0.15, 0.2) is 35.7 Å². The number of likely N-dealkylation sites (N-methyl/N-ethyl adjacent to an activating group) is 1. The van der Waals surface area contributed by atoms with Gasteiger partial charge in [-0.3, -0.25) is 0 Å². The first kappa shape index (κ1) is 13.7. The van der Waals surface area contributed by atoms with Crippen molar-refractivity contribution in [3.63, 3.8) is 0 Å². The van der Waals surface area contributed by atoms with Gasteiger partial charge in [-0.2, -0.15) is 0 Å². The molecule has 1 atom stereocenters. The van der Waals surface area contributed by atoms with E-state index in [9.17, 15) is 8.42 Å². The fourth-order valence-corrected chi connectivity index (χ4v) is 1.89. The molecule has 0 bridgehead atoms. The van der Waals surface area contributed by atoms with Crippen molar-refractivity contribution in [1.82, 2.24) is 5.32 Å². The van der Waals surface area contributed by atoms with Crippen LogP contribution in [0.5, 0.6) is 0 Å². The Morgan fingerprint density at radius 1 is 1.35 bits per heavy atom. The molecule has 0 spiro atoms. The summed E-state index contributed by atoms with van der Waals surface area (Å²) in [6.45, 7) is 0. The lowest BCUT2D eigenvalue weighted by Gasteiger charge is -2.11. The van der Waals surface area contributed by atoms with E-state index >= 15 is 0 Å². The Balaban J connectivity index is 2.70. The largest absolute Gasteiger partial charge is 0.399 e. The van der Waals surface area contributed by atoms with Gasteiger partial charge in [0.05, 0.1) is 0 Å². The second-order valence-electron chi connectivity index (χ2n) is 4.00. The van der Waals surface area contributed by atoms with Crippen molar-refractivity contribution in [3.05, 3.63) is 41.3 Å². The van der Waals surface area contributed by atoms with E-state index in [0.29, 0.717) is 0 Å². The molecule has 4 nitrogen and oxygen atoms in total. The number of anilines is 1. The summed E-state index contributed by atoms with van der Waals surface area (Å²) in [5.41, 5.74) is 7.43. The third-order valence-corrected chi connectivity index (χ3v) is 3.02. The maximum Gasteiger partial charge on any atom is 0.168 e. The molecule has 0 radical (unpaired) electrons. The molecule has 0 saturated heterocycles. The Morgan fingerprint density at radius 3 is 2.41 bits per heavy atom. The minimum Gasteiger partial charge on any atom is -0.399 e. The van der Waals surface area contributed by atoms with E-state index < -0.39 is 9.84 Å². The normalized spacial score (nSPS) is 14.0. The first-order valence-electron chi connectivity index (χ1n) is 5.30. The van der Waals surface area contributed by atoms with E-state index in [1.807, 2.05) is 24.3 Å². The SMILES string of the molecule is CN[C@H](/C=C/S(C)(=O)=O)Cc1ccc(N)cc1. The van der Waals surface area contributed by atoms with Crippen molar-refractivity contribution in [2.75, 3.05) is 19.0 Å². The van der Waals surface area contributed by atoms with Crippen LogP contribution in [0.25, 0.3) is 0 Å². The minimum atomic E-state index is -3.07. The van der Waals surface area contributed by atoms with E-state index in [4.69, 9.17) is 5.73 Å². The van der Waals surface area contributed by atoms with Crippen LogP contribution >= 0.6 is 0 Å². The van der Waals surface area contributed by atoms with Crippen molar-refractivity contribution < 1.29 is 8.42 Å². The number of hydrogen-bond donors (Lipinski definition) is 2. The molecular weight excluding hydrogens is 236 g/mol. The topological polar surface area (TPSA) is 72.2 Å². The highest BCUT2D eigenvalue weighted by Gasteiger charge is 2.04. The van der Waals surface area contributed by atoms with E-state index in [2.05, 4.69) is 5.32 Å². The molecule has 0 heterocycles. The van der Waals surface area contributed by atoms with Crippen molar-refractivity contribution in [1.29, 1.82) is 0 Å². The van der Waals surface area contributed by atoms with Gasteiger partial charge in [0, 0.05) is 23.4 Å². The third-order valence-electron chi connectivity index (χ3n) is 2.36. The molecular formula is C12H18N2O2S. The van der Waals surface area contributed by atoms with Gasteiger partial charge in [-0.25, -0.2) is 8.42 Å². The number of nitrogens with one attached hydrogen (secondary N) is 1. The van der Waals surface area contributed by atoms with Gasteiger partial charge < -0.3 is 11.1 Å². The highest BCUT2D eigenvalue weighted by atomic mass is 32.2. The Bertz CT molecular complexity index is 478. The maximum absolute atomic E-state index is 11.0. The molecule has 1 aromatic rings. The fraction of sp³-hybridized carbons (Fsp3) is 0.333. The number of hydrogen-bond acceptors (Lipinski definition) is 4. The molecule has 5 heteroatoms. The molecule has 0 fully saturated rings. The summed E-state index contributed by atoms with van der Waals surface area (Å²) in [6.07, 6.45) is 3.56. The molecule has 0 aromatic heterocycles. The Kier molecular flexibility index (Phi) is 4.72. The van der Waals surface area contributed by atoms with Crippen LogP contribution in [0.4, 0.5) is 5.69 Å². The van der Waals surface area contributed by atoms with Crippen molar-refractivity contribution in [3.8, 4) is 0 Å². The lowest BCUT2D eigenvalue weighted by molar-refractivity contribution is 0.608. The maximum atomic E-state index is 11.0. The number of benzene rings is 1. The van der Waals surface area contributed by atoms with E-state index in [1.165, 1.54) is 11.7 Å². The summed E-state index contributed by atoms with van der Waals surface area (Å²) in [4.78, 5) is 0. The quantitative estimate of drug-likeness (QED) is 0.768. The summed E-state index contributed by atoms with van der Waals surface area (Å²) in [7, 11) is -1.27. The van der Waals surface area contributed by atoms with Crippen LogP contribution in [0.1, 0.15) is 5.56 Å². The van der Waals surface area contributed by atoms with Crippen LogP contribution in [0.2, 0.25) is 0 Å². The summed E-state index contributed by atoms with van der Waals surface area (Å²) >= 11 is 0. The molecule has 0 unspecified atom stereocenters. The van der Waals surface area contributed by atoms with Gasteiger partial charge in [0.2, 0.25) is 0 Å². The molecule has 94 valence electrons. The molecule has 0 aliphatic carbocycles. The lowest BCUT2D eigenvalue weighted by Crippen LogP contribution is -2.25. The Morgan fingerprint density at radius 2 is 1.94 bits per heavy atom. The predicted molar refractivity (Wildman–Crippen MR) is 71.4 cm³/mol. The molecule has 3 N–H and O–H groups in total. The zero-order valence-corrected chi connectivity index (χ0v) is 10.9. The van der Waals surface area contributed by atoms with E-state index in [1.54, 1.807) is 13.1 Å². The zero-order valence-electron chi connectivity index (χ0n) is 10.1. The first-order valence-corrected chi connectivity index (χ1v) is 7.26. The van der Waals surface area contributed by atoms with Crippen LogP contribution in [-0.4, -0.2) is 27.8 Å². The predicted octanol–water partition coefficient (Wildman–Crippen LogP) is 0.958. The summed E-state index contributed by atoms with van der Waals surface area (Å²) in [5, 5.41) is 4.28. The van der Waals surface area contributed by atoms with Gasteiger partial charge in [-0.1, -0.05) is 18.2 Å². The van der Waals surface area contributed by atoms with E-state index in [0.717, 1.165) is 17.7 Å². The molecule has 1 aromatic carbocycles. The average molecular weight is 254 g/mol. The van der Waals surface area contributed by atoms with Gasteiger partial charge in [-0.05, 0) is 31.2 Å². The lowest BCUT2D eigenvalue weighted by atomic mass is 10.1. The summed E-state index contributed by atoms with van der Waals surface area (Å²) in [6, 6.07) is 7.54. The first-order chi connectivity index (χ1) is 7.90. The highest BCUT2D eigenvalue weighted by Crippen LogP contribution is 2.08. The second kappa shape index (κ2) is 5.84. The summed E-state index contributed by atoms with van der Waals surface area (Å²) < 4.78 is 22.0. The van der Waals surface area contributed by atoms with E-state index in [-0.39, 0.29) is 6.04 Å². The number of rotatable bonds is 5. The summed E-state index contributed by atoms with van der Waals surface area (Å²) in [5.74, 6) is 0. The second-order valence-corrected chi connectivity index (χ2v) is 5.93. The molecule has 0 aliphatic heterocycles. The molecule has 17 heavy (non-hydrogen) atoms. The van der Waals surface area contributed by atoms with Gasteiger partial charge in [0.15, 0.2) is 9.84 Å². The minimum absolute atomic E-state index is 0.00616. The van der Waals surface area contributed by atoms with Crippen molar-refractivity contribution >= 4 is 15.5 Å². The Hall–Kier alpha value is -1.33. The van der Waals surface area contributed by atoms with Gasteiger partial charge >= 0.3 is 0 Å². The van der Waals surface area contributed by atoms with Gasteiger partial charge in [0.1, 0.15) is 0 Å². The van der Waals surface area contributed by atoms with Gasteiger partial charge in [0.25, 0.3) is 0 Å². The third kappa shape index (κ3) is 5.51.